The minimum atomic E-state index is -0.212. The molecule has 0 heterocycles. The average molecular weight is 312 g/mol. The number of rotatable bonds is 3. The Balaban J connectivity index is 0.00000400. The average Bonchev–Trinajstić information content (AvgIpc) is 2.26. The third-order valence-corrected chi connectivity index (χ3v) is 3.63. The summed E-state index contributed by atoms with van der Waals surface area (Å²) in [6, 6.07) is 3.94. The van der Waals surface area contributed by atoms with Crippen LogP contribution in [0.3, 0.4) is 0 Å². The molecule has 0 aromatic heterocycles. The lowest BCUT2D eigenvalue weighted by molar-refractivity contribution is 0.432. The van der Waals surface area contributed by atoms with E-state index >= 15 is 0 Å². The molecule has 0 spiro atoms. The van der Waals surface area contributed by atoms with Crippen LogP contribution in [0.5, 0.6) is 5.75 Å². The SMILES string of the molecule is C=CC[C@H](N)c1cc(C(C)(C)C)cc(C(C)(C)C)c1O.Cl. The van der Waals surface area contributed by atoms with Gasteiger partial charge in [-0.2, -0.15) is 0 Å². The van der Waals surface area contributed by atoms with Crippen molar-refractivity contribution >= 4 is 12.4 Å². The highest BCUT2D eigenvalue weighted by molar-refractivity contribution is 5.85. The first kappa shape index (κ1) is 20.0. The number of hydrogen-bond donors (Lipinski definition) is 2. The van der Waals surface area contributed by atoms with Gasteiger partial charge in [-0.15, -0.1) is 19.0 Å². The van der Waals surface area contributed by atoms with Gasteiger partial charge in [0.15, 0.2) is 0 Å². The van der Waals surface area contributed by atoms with E-state index in [0.717, 1.165) is 11.1 Å². The number of aromatic hydroxyl groups is 1. The summed E-state index contributed by atoms with van der Waals surface area (Å²) in [4.78, 5) is 0. The molecule has 3 N–H and O–H groups in total. The van der Waals surface area contributed by atoms with Gasteiger partial charge in [-0.25, -0.2) is 0 Å². The van der Waals surface area contributed by atoms with E-state index < -0.39 is 0 Å². The molecule has 120 valence electrons. The van der Waals surface area contributed by atoms with Gasteiger partial charge in [-0.3, -0.25) is 0 Å². The monoisotopic (exact) mass is 311 g/mol. The second-order valence-electron chi connectivity index (χ2n) is 7.59. The number of phenolic OH excluding ortho intramolecular Hbond substituents is 1. The van der Waals surface area contributed by atoms with Gasteiger partial charge in [0.25, 0.3) is 0 Å². The quantitative estimate of drug-likeness (QED) is 0.773. The summed E-state index contributed by atoms with van der Waals surface area (Å²) in [7, 11) is 0. The molecule has 1 rings (SSSR count). The lowest BCUT2D eigenvalue weighted by Gasteiger charge is -2.28. The predicted octanol–water partition coefficient (Wildman–Crippen LogP) is 4.98. The van der Waals surface area contributed by atoms with E-state index in [1.807, 2.05) is 6.07 Å². The Bertz CT molecular complexity index is 495. The van der Waals surface area contributed by atoms with Crippen molar-refractivity contribution in [2.45, 2.75) is 64.8 Å². The lowest BCUT2D eigenvalue weighted by atomic mass is 9.78. The Morgan fingerprint density at radius 1 is 1.14 bits per heavy atom. The van der Waals surface area contributed by atoms with E-state index in [9.17, 15) is 5.11 Å². The number of hydrogen-bond acceptors (Lipinski definition) is 2. The minimum Gasteiger partial charge on any atom is -0.507 e. The molecule has 21 heavy (non-hydrogen) atoms. The molecular formula is C18H30ClNO. The number of phenols is 1. The van der Waals surface area contributed by atoms with Crippen LogP contribution in [0.15, 0.2) is 24.8 Å². The van der Waals surface area contributed by atoms with Gasteiger partial charge >= 0.3 is 0 Å². The predicted molar refractivity (Wildman–Crippen MR) is 94.5 cm³/mol. The summed E-state index contributed by atoms with van der Waals surface area (Å²) in [5, 5.41) is 10.6. The maximum absolute atomic E-state index is 10.6. The highest BCUT2D eigenvalue weighted by Gasteiger charge is 2.26. The lowest BCUT2D eigenvalue weighted by Crippen LogP contribution is -2.19. The topological polar surface area (TPSA) is 46.2 Å². The molecule has 0 radical (unpaired) electrons. The molecule has 1 aromatic carbocycles. The van der Waals surface area contributed by atoms with E-state index in [0.29, 0.717) is 12.2 Å². The van der Waals surface area contributed by atoms with Crippen LogP contribution in [0.4, 0.5) is 0 Å². The van der Waals surface area contributed by atoms with Gasteiger partial charge in [0.2, 0.25) is 0 Å². The Kier molecular flexibility index (Phi) is 6.52. The van der Waals surface area contributed by atoms with Crippen LogP contribution < -0.4 is 5.73 Å². The maximum atomic E-state index is 10.6. The molecule has 0 aliphatic rings. The largest absolute Gasteiger partial charge is 0.507 e. The second kappa shape index (κ2) is 6.85. The molecule has 1 atom stereocenters. The minimum absolute atomic E-state index is 0. The molecule has 3 heteroatoms. The van der Waals surface area contributed by atoms with Crippen molar-refractivity contribution in [3.63, 3.8) is 0 Å². The van der Waals surface area contributed by atoms with Gasteiger partial charge in [-0.1, -0.05) is 53.7 Å². The van der Waals surface area contributed by atoms with Crippen molar-refractivity contribution in [3.05, 3.63) is 41.5 Å². The number of nitrogens with two attached hydrogens (primary N) is 1. The van der Waals surface area contributed by atoms with E-state index in [2.05, 4.69) is 54.2 Å². The van der Waals surface area contributed by atoms with E-state index in [1.165, 1.54) is 5.56 Å². The fourth-order valence-electron chi connectivity index (χ4n) is 2.25. The molecule has 1 aromatic rings. The van der Waals surface area contributed by atoms with Crippen molar-refractivity contribution in [1.29, 1.82) is 0 Å². The van der Waals surface area contributed by atoms with E-state index in [1.54, 1.807) is 6.08 Å². The van der Waals surface area contributed by atoms with Gasteiger partial charge in [0, 0.05) is 11.6 Å². The van der Waals surface area contributed by atoms with E-state index in [-0.39, 0.29) is 29.3 Å². The zero-order chi connectivity index (χ0) is 15.7. The summed E-state index contributed by atoms with van der Waals surface area (Å²) >= 11 is 0. The first-order chi connectivity index (χ1) is 8.98. The number of halogens is 1. The highest BCUT2D eigenvalue weighted by Crippen LogP contribution is 2.39. The Hall–Kier alpha value is -0.990. The standard InChI is InChI=1S/C18H29NO.ClH/c1-8-9-15(19)13-10-12(17(2,3)4)11-14(16(13)20)18(5,6)7;/h8,10-11,15,20H,1,9,19H2,2-7H3;1H/t15-;/m0./s1. The highest BCUT2D eigenvalue weighted by atomic mass is 35.5. The van der Waals surface area contributed by atoms with Crippen LogP contribution in [0.1, 0.15) is 70.7 Å². The Morgan fingerprint density at radius 3 is 2.05 bits per heavy atom. The third-order valence-electron chi connectivity index (χ3n) is 3.63. The molecule has 0 unspecified atom stereocenters. The van der Waals surface area contributed by atoms with Crippen LogP contribution in [0.2, 0.25) is 0 Å². The third kappa shape index (κ3) is 4.76. The second-order valence-corrected chi connectivity index (χ2v) is 7.59. The fraction of sp³-hybridized carbons (Fsp3) is 0.556. The van der Waals surface area contributed by atoms with Gasteiger partial charge in [0.05, 0.1) is 0 Å². The van der Waals surface area contributed by atoms with Crippen LogP contribution in [-0.4, -0.2) is 5.11 Å². The van der Waals surface area contributed by atoms with Gasteiger partial charge in [0.1, 0.15) is 5.75 Å². The molecule has 0 bridgehead atoms. The smallest absolute Gasteiger partial charge is 0.124 e. The van der Waals surface area contributed by atoms with E-state index in [4.69, 9.17) is 5.73 Å². The zero-order valence-electron chi connectivity index (χ0n) is 14.2. The van der Waals surface area contributed by atoms with Crippen LogP contribution in [0.25, 0.3) is 0 Å². The summed E-state index contributed by atoms with van der Waals surface area (Å²) < 4.78 is 0. The van der Waals surface area contributed by atoms with Crippen molar-refractivity contribution in [2.75, 3.05) is 0 Å². The van der Waals surface area contributed by atoms with Crippen molar-refractivity contribution < 1.29 is 5.11 Å². The van der Waals surface area contributed by atoms with Crippen LogP contribution in [-0.2, 0) is 10.8 Å². The van der Waals surface area contributed by atoms with Crippen LogP contribution >= 0.6 is 12.4 Å². The molecule has 0 amide bonds. The summed E-state index contributed by atoms with van der Waals surface area (Å²) in [6.07, 6.45) is 2.45. The van der Waals surface area contributed by atoms with Crippen molar-refractivity contribution in [1.82, 2.24) is 0 Å². The van der Waals surface area contributed by atoms with Gasteiger partial charge < -0.3 is 10.8 Å². The molecule has 0 saturated heterocycles. The molecule has 2 nitrogen and oxygen atoms in total. The van der Waals surface area contributed by atoms with Crippen LogP contribution in [0, 0.1) is 0 Å². The first-order valence-corrected chi connectivity index (χ1v) is 7.23. The summed E-state index contributed by atoms with van der Waals surface area (Å²) in [5.74, 6) is 0.333. The Morgan fingerprint density at radius 2 is 1.67 bits per heavy atom. The molecule has 0 aliphatic carbocycles. The van der Waals surface area contributed by atoms with Crippen molar-refractivity contribution in [2.24, 2.45) is 5.73 Å². The first-order valence-electron chi connectivity index (χ1n) is 7.23. The molecule has 0 fully saturated rings. The molecule has 0 saturated carbocycles. The Labute approximate surface area is 135 Å². The fourth-order valence-corrected chi connectivity index (χ4v) is 2.25. The number of benzene rings is 1. The molecule has 0 aliphatic heterocycles. The van der Waals surface area contributed by atoms with Gasteiger partial charge in [-0.05, 0) is 34.4 Å². The molecular weight excluding hydrogens is 282 g/mol. The summed E-state index contributed by atoms with van der Waals surface area (Å²) in [6.45, 7) is 16.6. The normalized spacial score (nSPS) is 13.5. The zero-order valence-corrected chi connectivity index (χ0v) is 15.0. The summed E-state index contributed by atoms with van der Waals surface area (Å²) in [5.41, 5.74) is 9.09. The van der Waals surface area contributed by atoms with Crippen molar-refractivity contribution in [3.8, 4) is 5.75 Å². The maximum Gasteiger partial charge on any atom is 0.124 e.